The van der Waals surface area contributed by atoms with Gasteiger partial charge in [0.25, 0.3) is 0 Å². The minimum Gasteiger partial charge on any atom is -0.347 e. The molecule has 2 N–H and O–H groups in total. The average Bonchev–Trinajstić information content (AvgIpc) is 3.17. The monoisotopic (exact) mass is 335 g/mol. The quantitative estimate of drug-likeness (QED) is 0.742. The number of aromatic nitrogens is 3. The van der Waals surface area contributed by atoms with Crippen LogP contribution >= 0.6 is 0 Å². The highest BCUT2D eigenvalue weighted by atomic mass is 16.2. The molecule has 3 aromatic rings. The van der Waals surface area contributed by atoms with Gasteiger partial charge in [-0.05, 0) is 38.3 Å². The first kappa shape index (κ1) is 15.6. The van der Waals surface area contributed by atoms with Gasteiger partial charge in [0.05, 0.1) is 17.2 Å². The molecular weight excluding hydrogens is 314 g/mol. The van der Waals surface area contributed by atoms with Gasteiger partial charge < -0.3 is 15.2 Å². The van der Waals surface area contributed by atoms with E-state index in [1.165, 1.54) is 0 Å². The number of H-pyrrole nitrogens is 1. The van der Waals surface area contributed by atoms with Crippen molar-refractivity contribution >= 4 is 22.6 Å². The number of carbonyl (C=O) groups excluding carboxylic acids is 1. The minimum absolute atomic E-state index is 0.00609. The molecule has 1 fully saturated rings. The number of fused-ring (bicyclic) bond motifs is 1. The number of likely N-dealkylation sites (tertiary alicyclic amines) is 1. The van der Waals surface area contributed by atoms with E-state index in [0.717, 1.165) is 53.9 Å². The number of nitrogens with zero attached hydrogens (tertiary/aromatic N) is 3. The van der Waals surface area contributed by atoms with E-state index in [0.29, 0.717) is 0 Å². The van der Waals surface area contributed by atoms with Crippen molar-refractivity contribution in [3.63, 3.8) is 0 Å². The van der Waals surface area contributed by atoms with E-state index >= 15 is 0 Å². The molecule has 6 nitrogen and oxygen atoms in total. The third-order valence-electron chi connectivity index (χ3n) is 4.70. The number of benzene rings is 1. The van der Waals surface area contributed by atoms with E-state index in [2.05, 4.69) is 20.3 Å². The van der Waals surface area contributed by atoms with Crippen LogP contribution < -0.4 is 5.32 Å². The number of aryl methyl sites for hydroxylation is 1. The number of anilines is 1. The number of aromatic amines is 1. The number of nitrogens with one attached hydrogen (secondary N) is 2. The van der Waals surface area contributed by atoms with Crippen LogP contribution in [0, 0.1) is 6.92 Å². The molecule has 3 heterocycles. The summed E-state index contributed by atoms with van der Waals surface area (Å²) in [6.45, 7) is 2.68. The van der Waals surface area contributed by atoms with Crippen LogP contribution in [0.5, 0.6) is 0 Å². The normalized spacial score (nSPS) is 17.6. The number of para-hydroxylation sites is 1. The third-order valence-corrected chi connectivity index (χ3v) is 4.70. The van der Waals surface area contributed by atoms with Gasteiger partial charge in [0.15, 0.2) is 0 Å². The van der Waals surface area contributed by atoms with Crippen LogP contribution in [0.15, 0.2) is 42.7 Å². The molecule has 1 atom stereocenters. The van der Waals surface area contributed by atoms with Crippen LogP contribution in [0.2, 0.25) is 0 Å². The fourth-order valence-electron chi connectivity index (χ4n) is 3.45. The van der Waals surface area contributed by atoms with E-state index in [1.807, 2.05) is 42.2 Å². The van der Waals surface area contributed by atoms with Crippen molar-refractivity contribution in [3.8, 4) is 0 Å². The van der Waals surface area contributed by atoms with Crippen LogP contribution in [0.4, 0.5) is 10.5 Å². The highest BCUT2D eigenvalue weighted by Crippen LogP contribution is 2.30. The zero-order chi connectivity index (χ0) is 17.2. The number of imidazole rings is 1. The lowest BCUT2D eigenvalue weighted by atomic mass is 10.0. The second-order valence-corrected chi connectivity index (χ2v) is 6.44. The van der Waals surface area contributed by atoms with Gasteiger partial charge in [-0.1, -0.05) is 18.2 Å². The Kier molecular flexibility index (Phi) is 4.09. The van der Waals surface area contributed by atoms with E-state index in [4.69, 9.17) is 0 Å². The van der Waals surface area contributed by atoms with Gasteiger partial charge in [-0.15, -0.1) is 0 Å². The second-order valence-electron chi connectivity index (χ2n) is 6.44. The van der Waals surface area contributed by atoms with E-state index in [1.54, 1.807) is 12.4 Å². The maximum Gasteiger partial charge on any atom is 0.322 e. The van der Waals surface area contributed by atoms with Gasteiger partial charge in [-0.25, -0.2) is 9.78 Å². The Morgan fingerprint density at radius 1 is 1.28 bits per heavy atom. The number of hydrogen-bond acceptors (Lipinski definition) is 3. The molecular formula is C19H21N5O. The maximum atomic E-state index is 12.9. The highest BCUT2D eigenvalue weighted by Gasteiger charge is 2.29. The Hall–Kier alpha value is -2.89. The van der Waals surface area contributed by atoms with Crippen molar-refractivity contribution in [2.24, 2.45) is 0 Å². The summed E-state index contributed by atoms with van der Waals surface area (Å²) in [5.74, 6) is 0.849. The molecule has 128 valence electrons. The van der Waals surface area contributed by atoms with Crippen LogP contribution in [-0.2, 0) is 0 Å². The Morgan fingerprint density at radius 3 is 3.04 bits per heavy atom. The van der Waals surface area contributed by atoms with Gasteiger partial charge in [-0.2, -0.15) is 0 Å². The molecule has 0 radical (unpaired) electrons. The summed E-state index contributed by atoms with van der Waals surface area (Å²) in [4.78, 5) is 26.9. The first-order valence-electron chi connectivity index (χ1n) is 8.65. The number of carbonyl (C=O) groups is 1. The number of urea groups is 1. The van der Waals surface area contributed by atoms with Gasteiger partial charge in [0.1, 0.15) is 5.82 Å². The van der Waals surface area contributed by atoms with Crippen LogP contribution in [0.3, 0.4) is 0 Å². The van der Waals surface area contributed by atoms with Crippen LogP contribution in [0.1, 0.15) is 36.8 Å². The Balaban J connectivity index is 1.62. The molecule has 0 aliphatic carbocycles. The average molecular weight is 335 g/mol. The number of amides is 2. The fourth-order valence-corrected chi connectivity index (χ4v) is 3.45. The van der Waals surface area contributed by atoms with E-state index in [9.17, 15) is 4.79 Å². The zero-order valence-corrected chi connectivity index (χ0v) is 14.2. The van der Waals surface area contributed by atoms with Gasteiger partial charge in [0.2, 0.25) is 0 Å². The largest absolute Gasteiger partial charge is 0.347 e. The molecule has 4 rings (SSSR count). The van der Waals surface area contributed by atoms with Crippen molar-refractivity contribution in [2.45, 2.75) is 32.2 Å². The summed E-state index contributed by atoms with van der Waals surface area (Å²) in [5.41, 5.74) is 2.50. The molecule has 6 heteroatoms. The van der Waals surface area contributed by atoms with Crippen LogP contribution in [-0.4, -0.2) is 32.4 Å². The highest BCUT2D eigenvalue weighted by molar-refractivity contribution is 5.99. The lowest BCUT2D eigenvalue weighted by molar-refractivity contribution is 0.160. The molecule has 2 aromatic heterocycles. The zero-order valence-electron chi connectivity index (χ0n) is 14.2. The summed E-state index contributed by atoms with van der Waals surface area (Å²) in [7, 11) is 0. The standard InChI is InChI=1S/C19H21N5O/c1-13-8-9-14-5-4-6-15(17(14)22-13)23-19(25)24-12-3-2-7-16(24)18-20-10-11-21-18/h4-6,8-11,16H,2-3,7,12H2,1H3,(H,20,21)(H,23,25)/t16-/m0/s1. The van der Waals surface area contributed by atoms with Crippen molar-refractivity contribution in [1.82, 2.24) is 19.9 Å². The Labute approximate surface area is 146 Å². The second kappa shape index (κ2) is 6.55. The van der Waals surface area contributed by atoms with E-state index in [-0.39, 0.29) is 12.1 Å². The molecule has 0 unspecified atom stereocenters. The van der Waals surface area contributed by atoms with Crippen molar-refractivity contribution in [3.05, 3.63) is 54.2 Å². The summed E-state index contributed by atoms with van der Waals surface area (Å²) in [6, 6.07) is 9.74. The number of rotatable bonds is 2. The number of hydrogen-bond donors (Lipinski definition) is 2. The smallest absolute Gasteiger partial charge is 0.322 e. The molecule has 1 aliphatic rings. The Morgan fingerprint density at radius 2 is 2.20 bits per heavy atom. The number of pyridine rings is 1. The first-order chi connectivity index (χ1) is 12.2. The van der Waals surface area contributed by atoms with Crippen molar-refractivity contribution < 1.29 is 4.79 Å². The van der Waals surface area contributed by atoms with Gasteiger partial charge >= 0.3 is 6.03 Å². The molecule has 0 bridgehead atoms. The molecule has 2 amide bonds. The summed E-state index contributed by atoms with van der Waals surface area (Å²) >= 11 is 0. The topological polar surface area (TPSA) is 73.9 Å². The summed E-state index contributed by atoms with van der Waals surface area (Å²) < 4.78 is 0. The molecule has 0 saturated carbocycles. The predicted octanol–water partition coefficient (Wildman–Crippen LogP) is 4.03. The predicted molar refractivity (Wildman–Crippen MR) is 97.4 cm³/mol. The van der Waals surface area contributed by atoms with Crippen molar-refractivity contribution in [1.29, 1.82) is 0 Å². The molecule has 0 spiro atoms. The summed E-state index contributed by atoms with van der Waals surface area (Å²) in [6.07, 6.45) is 6.57. The maximum absolute atomic E-state index is 12.9. The lowest BCUT2D eigenvalue weighted by Crippen LogP contribution is -2.41. The fraction of sp³-hybridized carbons (Fsp3) is 0.316. The molecule has 1 aliphatic heterocycles. The van der Waals surface area contributed by atoms with E-state index < -0.39 is 0 Å². The molecule has 25 heavy (non-hydrogen) atoms. The molecule has 1 saturated heterocycles. The van der Waals surface area contributed by atoms with Crippen LogP contribution in [0.25, 0.3) is 10.9 Å². The Bertz CT molecular complexity index is 890. The summed E-state index contributed by atoms with van der Waals surface area (Å²) in [5, 5.41) is 4.07. The van der Waals surface area contributed by atoms with Gasteiger partial charge in [0, 0.05) is 30.0 Å². The minimum atomic E-state index is -0.100. The molecule has 1 aromatic carbocycles. The number of piperidine rings is 1. The first-order valence-corrected chi connectivity index (χ1v) is 8.65. The lowest BCUT2D eigenvalue weighted by Gasteiger charge is -2.34. The van der Waals surface area contributed by atoms with Crippen molar-refractivity contribution in [2.75, 3.05) is 11.9 Å². The van der Waals surface area contributed by atoms with Gasteiger partial charge in [-0.3, -0.25) is 4.98 Å². The SMILES string of the molecule is Cc1ccc2cccc(NC(=O)N3CCCC[C@H]3c3ncc[nH]3)c2n1. The third kappa shape index (κ3) is 3.07.